The summed E-state index contributed by atoms with van der Waals surface area (Å²) in [6.45, 7) is 2.22. The molecule has 0 spiro atoms. The lowest BCUT2D eigenvalue weighted by Crippen LogP contribution is -2.25. The van der Waals surface area contributed by atoms with Crippen LogP contribution in [0.1, 0.15) is 22.8 Å². The molecule has 0 aromatic heterocycles. The van der Waals surface area contributed by atoms with Gasteiger partial charge in [-0.1, -0.05) is 12.1 Å². The highest BCUT2D eigenvalue weighted by Crippen LogP contribution is 2.29. The first-order valence-corrected chi connectivity index (χ1v) is 7.45. The lowest BCUT2D eigenvalue weighted by atomic mass is 10.1. The van der Waals surface area contributed by atoms with Crippen molar-refractivity contribution in [2.75, 3.05) is 23.9 Å². The number of methoxy groups -OCH3 is 1. The number of rotatable bonds is 3. The fraction of sp³-hybridized carbons (Fsp3) is 0.222. The van der Waals surface area contributed by atoms with E-state index in [1.807, 2.05) is 24.3 Å². The van der Waals surface area contributed by atoms with Crippen LogP contribution in [0.3, 0.4) is 0 Å². The highest BCUT2D eigenvalue weighted by molar-refractivity contribution is 6.06. The van der Waals surface area contributed by atoms with E-state index in [-0.39, 0.29) is 11.8 Å². The van der Waals surface area contributed by atoms with E-state index in [0.717, 1.165) is 17.7 Å². The number of fused-ring (bicyclic) bond motifs is 1. The molecule has 0 saturated carbocycles. The van der Waals surface area contributed by atoms with E-state index in [9.17, 15) is 9.59 Å². The van der Waals surface area contributed by atoms with Gasteiger partial charge in [0.05, 0.1) is 12.8 Å². The Balaban J connectivity index is 1.83. The molecule has 118 valence electrons. The predicted octanol–water partition coefficient (Wildman–Crippen LogP) is 2.86. The van der Waals surface area contributed by atoms with Crippen molar-refractivity contribution in [3.63, 3.8) is 0 Å². The third kappa shape index (κ3) is 2.90. The first-order valence-electron chi connectivity index (χ1n) is 7.45. The lowest BCUT2D eigenvalue weighted by Gasteiger charge is -2.15. The molecule has 2 amide bonds. The molecule has 0 atom stereocenters. The quantitative estimate of drug-likeness (QED) is 0.948. The Morgan fingerprint density at radius 2 is 1.96 bits per heavy atom. The van der Waals surface area contributed by atoms with E-state index in [1.54, 1.807) is 37.1 Å². The Labute approximate surface area is 134 Å². The molecule has 1 N–H and O–H groups in total. The molecule has 23 heavy (non-hydrogen) atoms. The van der Waals surface area contributed by atoms with Crippen LogP contribution in [-0.4, -0.2) is 25.5 Å². The summed E-state index contributed by atoms with van der Waals surface area (Å²) < 4.78 is 5.24. The van der Waals surface area contributed by atoms with Crippen LogP contribution in [0, 0.1) is 0 Å². The average Bonchev–Trinajstić information content (AvgIpc) is 2.98. The molecule has 3 rings (SSSR count). The van der Waals surface area contributed by atoms with Gasteiger partial charge in [-0.3, -0.25) is 9.59 Å². The molecule has 2 aromatic rings. The number of benzene rings is 2. The molecular weight excluding hydrogens is 292 g/mol. The second-order valence-corrected chi connectivity index (χ2v) is 5.42. The monoisotopic (exact) mass is 310 g/mol. The largest absolute Gasteiger partial charge is 0.495 e. The number of nitrogens with one attached hydrogen (secondary N) is 1. The third-order valence-corrected chi connectivity index (χ3v) is 3.97. The summed E-state index contributed by atoms with van der Waals surface area (Å²) in [5, 5.41) is 2.86. The van der Waals surface area contributed by atoms with E-state index in [1.165, 1.54) is 0 Å². The first kappa shape index (κ1) is 15.1. The van der Waals surface area contributed by atoms with Gasteiger partial charge in [-0.25, -0.2) is 0 Å². The average molecular weight is 310 g/mol. The Morgan fingerprint density at radius 3 is 2.70 bits per heavy atom. The zero-order valence-electron chi connectivity index (χ0n) is 13.1. The minimum Gasteiger partial charge on any atom is -0.495 e. The predicted molar refractivity (Wildman–Crippen MR) is 89.1 cm³/mol. The van der Waals surface area contributed by atoms with Gasteiger partial charge in [0, 0.05) is 24.7 Å². The van der Waals surface area contributed by atoms with Crippen LogP contribution in [0.4, 0.5) is 11.4 Å². The SMILES string of the molecule is COc1ccccc1NC(=O)c1ccc2c(c1)CCN2C(C)=O. The van der Waals surface area contributed by atoms with Gasteiger partial charge < -0.3 is 15.0 Å². The first-order chi connectivity index (χ1) is 11.1. The topological polar surface area (TPSA) is 58.6 Å². The molecule has 0 radical (unpaired) electrons. The number of amides is 2. The number of para-hydroxylation sites is 2. The summed E-state index contributed by atoms with van der Waals surface area (Å²) in [6.07, 6.45) is 0.769. The van der Waals surface area contributed by atoms with E-state index in [0.29, 0.717) is 23.5 Å². The third-order valence-electron chi connectivity index (χ3n) is 3.97. The van der Waals surface area contributed by atoms with Crippen LogP contribution in [0.5, 0.6) is 5.75 Å². The highest BCUT2D eigenvalue weighted by Gasteiger charge is 2.23. The molecule has 5 nitrogen and oxygen atoms in total. The minimum atomic E-state index is -0.196. The van der Waals surface area contributed by atoms with Crippen molar-refractivity contribution in [2.24, 2.45) is 0 Å². The zero-order chi connectivity index (χ0) is 16.4. The maximum absolute atomic E-state index is 12.5. The molecule has 0 fully saturated rings. The van der Waals surface area contributed by atoms with E-state index in [2.05, 4.69) is 5.32 Å². The van der Waals surface area contributed by atoms with E-state index in [4.69, 9.17) is 4.74 Å². The van der Waals surface area contributed by atoms with Gasteiger partial charge in [-0.15, -0.1) is 0 Å². The van der Waals surface area contributed by atoms with E-state index >= 15 is 0 Å². The van der Waals surface area contributed by atoms with Gasteiger partial charge in [0.2, 0.25) is 5.91 Å². The standard InChI is InChI=1S/C18H18N2O3/c1-12(21)20-10-9-13-11-14(7-8-16(13)20)18(22)19-15-5-3-4-6-17(15)23-2/h3-8,11H,9-10H2,1-2H3,(H,19,22). The summed E-state index contributed by atoms with van der Waals surface area (Å²) in [4.78, 5) is 25.8. The number of hydrogen-bond acceptors (Lipinski definition) is 3. The molecule has 0 aliphatic carbocycles. The summed E-state index contributed by atoms with van der Waals surface area (Å²) in [7, 11) is 1.57. The highest BCUT2D eigenvalue weighted by atomic mass is 16.5. The van der Waals surface area contributed by atoms with Gasteiger partial charge in [0.1, 0.15) is 5.75 Å². The molecule has 5 heteroatoms. The molecule has 1 aliphatic rings. The normalized spacial score (nSPS) is 12.7. The van der Waals surface area contributed by atoms with Crippen molar-refractivity contribution in [3.05, 3.63) is 53.6 Å². The fourth-order valence-electron chi connectivity index (χ4n) is 2.81. The van der Waals surface area contributed by atoms with Crippen LogP contribution in [-0.2, 0) is 11.2 Å². The van der Waals surface area contributed by atoms with Crippen LogP contribution in [0.2, 0.25) is 0 Å². The smallest absolute Gasteiger partial charge is 0.255 e. The second-order valence-electron chi connectivity index (χ2n) is 5.42. The van der Waals surface area contributed by atoms with Gasteiger partial charge >= 0.3 is 0 Å². The van der Waals surface area contributed by atoms with Crippen molar-refractivity contribution in [2.45, 2.75) is 13.3 Å². The maximum Gasteiger partial charge on any atom is 0.255 e. The van der Waals surface area contributed by atoms with Crippen molar-refractivity contribution in [3.8, 4) is 5.75 Å². The number of carbonyl (C=O) groups excluding carboxylic acids is 2. The molecule has 0 bridgehead atoms. The molecule has 1 heterocycles. The molecule has 2 aromatic carbocycles. The number of anilines is 2. The summed E-state index contributed by atoms with van der Waals surface area (Å²) in [5.74, 6) is 0.443. The Bertz CT molecular complexity index is 771. The molecule has 1 aliphatic heterocycles. The fourth-order valence-corrected chi connectivity index (χ4v) is 2.81. The van der Waals surface area contributed by atoms with Gasteiger partial charge in [0.15, 0.2) is 0 Å². The van der Waals surface area contributed by atoms with Crippen molar-refractivity contribution in [1.29, 1.82) is 0 Å². The minimum absolute atomic E-state index is 0.0231. The van der Waals surface area contributed by atoms with Crippen molar-refractivity contribution >= 4 is 23.2 Å². The summed E-state index contributed by atoms with van der Waals surface area (Å²) in [5.41, 5.74) is 3.12. The van der Waals surface area contributed by atoms with Crippen molar-refractivity contribution < 1.29 is 14.3 Å². The number of nitrogens with zero attached hydrogens (tertiary/aromatic N) is 1. The van der Waals surface area contributed by atoms with Crippen LogP contribution < -0.4 is 15.0 Å². The lowest BCUT2D eigenvalue weighted by molar-refractivity contribution is -0.116. The van der Waals surface area contributed by atoms with Crippen LogP contribution >= 0.6 is 0 Å². The summed E-state index contributed by atoms with van der Waals surface area (Å²) in [6, 6.07) is 12.7. The van der Waals surface area contributed by atoms with Crippen LogP contribution in [0.25, 0.3) is 0 Å². The summed E-state index contributed by atoms with van der Waals surface area (Å²) >= 11 is 0. The second kappa shape index (κ2) is 6.12. The zero-order valence-corrected chi connectivity index (χ0v) is 13.1. The molecular formula is C18H18N2O3. The van der Waals surface area contributed by atoms with Gasteiger partial charge in [-0.05, 0) is 42.3 Å². The van der Waals surface area contributed by atoms with Crippen LogP contribution in [0.15, 0.2) is 42.5 Å². The maximum atomic E-state index is 12.5. The Morgan fingerprint density at radius 1 is 1.17 bits per heavy atom. The number of ether oxygens (including phenoxy) is 1. The van der Waals surface area contributed by atoms with Gasteiger partial charge in [-0.2, -0.15) is 0 Å². The number of carbonyl (C=O) groups is 2. The Hall–Kier alpha value is -2.82. The molecule has 0 saturated heterocycles. The number of hydrogen-bond donors (Lipinski definition) is 1. The molecule has 0 unspecified atom stereocenters. The Kier molecular flexibility index (Phi) is 4.02. The van der Waals surface area contributed by atoms with Crippen molar-refractivity contribution in [1.82, 2.24) is 0 Å². The van der Waals surface area contributed by atoms with E-state index < -0.39 is 0 Å². The van der Waals surface area contributed by atoms with Gasteiger partial charge in [0.25, 0.3) is 5.91 Å².